The summed E-state index contributed by atoms with van der Waals surface area (Å²) in [6.45, 7) is 2.55. The Labute approximate surface area is 118 Å². The van der Waals surface area contributed by atoms with Gasteiger partial charge < -0.3 is 15.6 Å². The number of amides is 1. The molecule has 0 saturated heterocycles. The Kier molecular flexibility index (Phi) is 4.29. The molecule has 0 saturated carbocycles. The van der Waals surface area contributed by atoms with Gasteiger partial charge in [-0.15, -0.1) is 0 Å². The number of carbonyl (C=O) groups is 1. The van der Waals surface area contributed by atoms with E-state index in [9.17, 15) is 18.0 Å². The number of rotatable bonds is 6. The Balaban J connectivity index is 2.25. The summed E-state index contributed by atoms with van der Waals surface area (Å²) in [5.41, 5.74) is 0.840. The van der Waals surface area contributed by atoms with Crippen molar-refractivity contribution in [1.82, 2.24) is 20.3 Å². The molecule has 21 heavy (non-hydrogen) atoms. The second-order valence-corrected chi connectivity index (χ2v) is 4.46. The quantitative estimate of drug-likeness (QED) is 0.561. The third-order valence-corrected chi connectivity index (χ3v) is 2.75. The monoisotopic (exact) mass is 301 g/mol. The van der Waals surface area contributed by atoms with E-state index in [2.05, 4.69) is 25.6 Å². The van der Waals surface area contributed by atoms with Crippen molar-refractivity contribution in [2.24, 2.45) is 0 Å². The number of nitrogens with zero attached hydrogens (tertiary/aromatic N) is 2. The van der Waals surface area contributed by atoms with Crippen molar-refractivity contribution in [2.45, 2.75) is 19.5 Å². The largest absolute Gasteiger partial charge is 0.451 e. The standard InChI is InChI=1S/C12H14F3N5O/c1-7-5-8-9(17-4-2-3-16-6-21)19-11(12(13,14)15)20-10(8)18-7/h5-6H,2-4H2,1H3,(H,16,21)(H2,17,18,19,20). The van der Waals surface area contributed by atoms with Crippen LogP contribution in [0.1, 0.15) is 17.9 Å². The first-order valence-corrected chi connectivity index (χ1v) is 6.27. The van der Waals surface area contributed by atoms with Gasteiger partial charge in [0.05, 0.1) is 5.39 Å². The van der Waals surface area contributed by atoms with Crippen LogP contribution in [0.5, 0.6) is 0 Å². The van der Waals surface area contributed by atoms with Gasteiger partial charge in [0.15, 0.2) is 0 Å². The summed E-state index contributed by atoms with van der Waals surface area (Å²) in [6.07, 6.45) is -3.47. The molecule has 2 rings (SSSR count). The SMILES string of the molecule is Cc1cc2c(NCCCNC=O)nc(C(F)(F)F)nc2[nH]1. The first-order valence-electron chi connectivity index (χ1n) is 6.27. The zero-order valence-corrected chi connectivity index (χ0v) is 11.2. The molecule has 0 aliphatic rings. The van der Waals surface area contributed by atoms with Crippen molar-refractivity contribution >= 4 is 23.3 Å². The summed E-state index contributed by atoms with van der Waals surface area (Å²) in [5, 5.41) is 5.82. The lowest BCUT2D eigenvalue weighted by molar-refractivity contribution is -0.144. The topological polar surface area (TPSA) is 82.7 Å². The fourth-order valence-electron chi connectivity index (χ4n) is 1.86. The van der Waals surface area contributed by atoms with Crippen LogP contribution in [-0.2, 0) is 11.0 Å². The molecule has 0 aromatic carbocycles. The molecule has 0 fully saturated rings. The van der Waals surface area contributed by atoms with Crippen LogP contribution in [0.4, 0.5) is 19.0 Å². The maximum atomic E-state index is 12.8. The zero-order valence-electron chi connectivity index (χ0n) is 11.2. The first-order chi connectivity index (χ1) is 9.91. The number of fused-ring (bicyclic) bond motifs is 1. The average molecular weight is 301 g/mol. The highest BCUT2D eigenvalue weighted by Crippen LogP contribution is 2.30. The molecular weight excluding hydrogens is 287 g/mol. The molecule has 9 heteroatoms. The number of alkyl halides is 3. The number of hydrogen-bond donors (Lipinski definition) is 3. The fourth-order valence-corrected chi connectivity index (χ4v) is 1.86. The highest BCUT2D eigenvalue weighted by molar-refractivity contribution is 5.87. The van der Waals surface area contributed by atoms with Gasteiger partial charge >= 0.3 is 6.18 Å². The van der Waals surface area contributed by atoms with E-state index in [1.165, 1.54) is 0 Å². The van der Waals surface area contributed by atoms with Crippen molar-refractivity contribution in [3.63, 3.8) is 0 Å². The first kappa shape index (κ1) is 15.1. The molecule has 2 aromatic rings. The lowest BCUT2D eigenvalue weighted by Crippen LogP contribution is -2.17. The van der Waals surface area contributed by atoms with E-state index in [0.29, 0.717) is 37.0 Å². The number of nitrogens with one attached hydrogen (secondary N) is 3. The number of aromatic amines is 1. The normalized spacial score (nSPS) is 11.6. The molecule has 2 aromatic heterocycles. The molecule has 0 aliphatic heterocycles. The predicted octanol–water partition coefficient (Wildman–Crippen LogP) is 1.83. The second kappa shape index (κ2) is 5.98. The molecule has 0 radical (unpaired) electrons. The molecule has 114 valence electrons. The Hall–Kier alpha value is -2.32. The molecule has 1 amide bonds. The molecule has 0 aliphatic carbocycles. The Bertz CT molecular complexity index is 638. The minimum absolute atomic E-state index is 0.128. The third-order valence-electron chi connectivity index (χ3n) is 2.75. The van der Waals surface area contributed by atoms with Gasteiger partial charge in [-0.05, 0) is 19.4 Å². The maximum absolute atomic E-state index is 12.8. The van der Waals surface area contributed by atoms with E-state index in [0.717, 1.165) is 0 Å². The Morgan fingerprint density at radius 1 is 1.33 bits per heavy atom. The van der Waals surface area contributed by atoms with Gasteiger partial charge in [-0.1, -0.05) is 0 Å². The maximum Gasteiger partial charge on any atom is 0.451 e. The Morgan fingerprint density at radius 3 is 2.76 bits per heavy atom. The third kappa shape index (κ3) is 3.61. The molecule has 0 spiro atoms. The summed E-state index contributed by atoms with van der Waals surface area (Å²) >= 11 is 0. The van der Waals surface area contributed by atoms with E-state index in [1.807, 2.05) is 0 Å². The second-order valence-electron chi connectivity index (χ2n) is 4.46. The summed E-state index contributed by atoms with van der Waals surface area (Å²) in [6, 6.07) is 1.68. The summed E-state index contributed by atoms with van der Waals surface area (Å²) in [5.74, 6) is -1.06. The minimum Gasteiger partial charge on any atom is -0.369 e. The van der Waals surface area contributed by atoms with Gasteiger partial charge in [0.1, 0.15) is 11.5 Å². The predicted molar refractivity (Wildman–Crippen MR) is 70.8 cm³/mol. The number of H-pyrrole nitrogens is 1. The van der Waals surface area contributed by atoms with Gasteiger partial charge in [-0.3, -0.25) is 4.79 Å². The molecular formula is C12H14F3N5O. The van der Waals surface area contributed by atoms with Crippen molar-refractivity contribution in [3.05, 3.63) is 17.6 Å². The van der Waals surface area contributed by atoms with Crippen molar-refractivity contribution in [2.75, 3.05) is 18.4 Å². The molecule has 0 unspecified atom stereocenters. The van der Waals surface area contributed by atoms with E-state index < -0.39 is 12.0 Å². The smallest absolute Gasteiger partial charge is 0.369 e. The van der Waals surface area contributed by atoms with Crippen molar-refractivity contribution < 1.29 is 18.0 Å². The van der Waals surface area contributed by atoms with Gasteiger partial charge in [-0.2, -0.15) is 13.2 Å². The molecule has 0 bridgehead atoms. The van der Waals surface area contributed by atoms with Gasteiger partial charge in [0.2, 0.25) is 12.2 Å². The van der Waals surface area contributed by atoms with Crippen LogP contribution in [0.3, 0.4) is 0 Å². The van der Waals surface area contributed by atoms with Crippen LogP contribution in [0.2, 0.25) is 0 Å². The van der Waals surface area contributed by atoms with Crippen LogP contribution < -0.4 is 10.6 Å². The number of hydrogen-bond acceptors (Lipinski definition) is 4. The van der Waals surface area contributed by atoms with Gasteiger partial charge in [0.25, 0.3) is 0 Å². The van der Waals surface area contributed by atoms with Crippen LogP contribution in [0.15, 0.2) is 6.07 Å². The van der Waals surface area contributed by atoms with Crippen LogP contribution in [0.25, 0.3) is 11.0 Å². The number of aromatic nitrogens is 3. The lowest BCUT2D eigenvalue weighted by Gasteiger charge is -2.10. The number of carbonyl (C=O) groups excluding carboxylic acids is 1. The van der Waals surface area contributed by atoms with E-state index in [-0.39, 0.29) is 11.5 Å². The van der Waals surface area contributed by atoms with Crippen LogP contribution in [0, 0.1) is 6.92 Å². The minimum atomic E-state index is -4.61. The van der Waals surface area contributed by atoms with E-state index in [1.54, 1.807) is 13.0 Å². The number of halogens is 3. The highest BCUT2D eigenvalue weighted by Gasteiger charge is 2.35. The molecule has 6 nitrogen and oxygen atoms in total. The fraction of sp³-hybridized carbons (Fsp3) is 0.417. The molecule has 3 N–H and O–H groups in total. The Morgan fingerprint density at radius 2 is 2.10 bits per heavy atom. The number of anilines is 1. The van der Waals surface area contributed by atoms with Gasteiger partial charge in [0, 0.05) is 18.8 Å². The molecule has 2 heterocycles. The summed E-state index contributed by atoms with van der Waals surface area (Å²) in [4.78, 5) is 19.9. The van der Waals surface area contributed by atoms with Crippen LogP contribution in [-0.4, -0.2) is 34.5 Å². The summed E-state index contributed by atoms with van der Waals surface area (Å²) in [7, 11) is 0. The molecule has 0 atom stereocenters. The highest BCUT2D eigenvalue weighted by atomic mass is 19.4. The van der Waals surface area contributed by atoms with E-state index in [4.69, 9.17) is 0 Å². The van der Waals surface area contributed by atoms with Crippen molar-refractivity contribution in [1.29, 1.82) is 0 Å². The van der Waals surface area contributed by atoms with Gasteiger partial charge in [-0.25, -0.2) is 9.97 Å². The number of aryl methyl sites for hydroxylation is 1. The van der Waals surface area contributed by atoms with E-state index >= 15 is 0 Å². The lowest BCUT2D eigenvalue weighted by atomic mass is 10.3. The van der Waals surface area contributed by atoms with Crippen LogP contribution >= 0.6 is 0 Å². The zero-order chi connectivity index (χ0) is 15.5. The average Bonchev–Trinajstić information content (AvgIpc) is 2.77. The van der Waals surface area contributed by atoms with Crippen molar-refractivity contribution in [3.8, 4) is 0 Å². The summed E-state index contributed by atoms with van der Waals surface area (Å²) < 4.78 is 38.3.